The van der Waals surface area contributed by atoms with Gasteiger partial charge in [-0.1, -0.05) is 41.2 Å². The van der Waals surface area contributed by atoms with Crippen molar-refractivity contribution in [2.24, 2.45) is 0 Å². The lowest BCUT2D eigenvalue weighted by Gasteiger charge is -2.33. The Morgan fingerprint density at radius 1 is 1.27 bits per heavy atom. The molecule has 26 heavy (non-hydrogen) atoms. The monoisotopic (exact) mass is 370 g/mol. The summed E-state index contributed by atoms with van der Waals surface area (Å²) < 4.78 is 0. The summed E-state index contributed by atoms with van der Waals surface area (Å²) in [6.45, 7) is 5.08. The zero-order valence-electron chi connectivity index (χ0n) is 15.3. The maximum absolute atomic E-state index is 12.2. The predicted octanol–water partition coefficient (Wildman–Crippen LogP) is 3.93. The number of anilines is 1. The summed E-state index contributed by atoms with van der Waals surface area (Å²) in [4.78, 5) is 14.7. The number of nitrogens with zero attached hydrogens (tertiary/aromatic N) is 3. The standard InChI is InChI=1S/C20H26N4OS/c1-14-4-2-5-16(12-14)17-6-3-10-24(13-17)11-9-18(25)21-20-23-22-19(26-20)15-7-8-15/h2,4-5,12,15,17H,3,6-11,13H2,1H3,(H,21,23,25)/t17-/m0/s1. The summed E-state index contributed by atoms with van der Waals surface area (Å²) >= 11 is 1.52. The average molecular weight is 371 g/mol. The summed E-state index contributed by atoms with van der Waals surface area (Å²) in [6.07, 6.45) is 5.36. The number of piperidine rings is 1. The van der Waals surface area contributed by atoms with Gasteiger partial charge in [0.2, 0.25) is 11.0 Å². The predicted molar refractivity (Wildman–Crippen MR) is 105 cm³/mol. The van der Waals surface area contributed by atoms with Crippen molar-refractivity contribution in [2.45, 2.75) is 50.9 Å². The van der Waals surface area contributed by atoms with E-state index in [9.17, 15) is 4.79 Å². The van der Waals surface area contributed by atoms with Gasteiger partial charge in [-0.15, -0.1) is 10.2 Å². The second kappa shape index (κ2) is 7.84. The third kappa shape index (κ3) is 4.48. The molecule has 1 saturated carbocycles. The van der Waals surface area contributed by atoms with Crippen LogP contribution >= 0.6 is 11.3 Å². The third-order valence-corrected chi connectivity index (χ3v) is 6.29. The van der Waals surface area contributed by atoms with Crippen molar-refractivity contribution in [3.05, 3.63) is 40.4 Å². The molecular formula is C20H26N4OS. The molecule has 2 heterocycles. The molecule has 138 valence electrons. The molecule has 0 unspecified atom stereocenters. The van der Waals surface area contributed by atoms with Crippen molar-refractivity contribution in [1.29, 1.82) is 0 Å². The van der Waals surface area contributed by atoms with E-state index < -0.39 is 0 Å². The highest BCUT2D eigenvalue weighted by molar-refractivity contribution is 7.15. The molecule has 1 atom stereocenters. The highest BCUT2D eigenvalue weighted by Crippen LogP contribution is 2.42. The van der Waals surface area contributed by atoms with Crippen LogP contribution in [0.15, 0.2) is 24.3 Å². The molecule has 2 aliphatic rings. The summed E-state index contributed by atoms with van der Waals surface area (Å²) in [5, 5.41) is 12.9. The number of amides is 1. The van der Waals surface area contributed by atoms with Gasteiger partial charge in [0.15, 0.2) is 0 Å². The zero-order valence-corrected chi connectivity index (χ0v) is 16.1. The van der Waals surface area contributed by atoms with Crippen molar-refractivity contribution in [3.8, 4) is 0 Å². The number of aryl methyl sites for hydroxylation is 1. The van der Waals surface area contributed by atoms with Crippen LogP contribution in [0.1, 0.15) is 60.1 Å². The Balaban J connectivity index is 1.26. The van der Waals surface area contributed by atoms with Crippen LogP contribution < -0.4 is 5.32 Å². The van der Waals surface area contributed by atoms with Gasteiger partial charge < -0.3 is 10.2 Å². The van der Waals surface area contributed by atoms with Crippen LogP contribution in [0.5, 0.6) is 0 Å². The molecular weight excluding hydrogens is 344 g/mol. The smallest absolute Gasteiger partial charge is 0.227 e. The van der Waals surface area contributed by atoms with Gasteiger partial charge >= 0.3 is 0 Å². The Kier molecular flexibility index (Phi) is 5.31. The molecule has 0 spiro atoms. The highest BCUT2D eigenvalue weighted by Gasteiger charge is 2.28. The topological polar surface area (TPSA) is 58.1 Å². The fourth-order valence-electron chi connectivity index (χ4n) is 3.68. The lowest BCUT2D eigenvalue weighted by Crippen LogP contribution is -2.36. The summed E-state index contributed by atoms with van der Waals surface area (Å²) in [6, 6.07) is 8.83. The SMILES string of the molecule is Cc1cccc([C@H]2CCCN(CCC(=O)Nc3nnc(C4CC4)s3)C2)c1. The minimum atomic E-state index is 0.0428. The average Bonchev–Trinajstić information content (AvgIpc) is 3.40. The number of nitrogens with one attached hydrogen (secondary N) is 1. The fraction of sp³-hybridized carbons (Fsp3) is 0.550. The van der Waals surface area contributed by atoms with E-state index in [-0.39, 0.29) is 5.91 Å². The number of hydrogen-bond donors (Lipinski definition) is 1. The first kappa shape index (κ1) is 17.6. The van der Waals surface area contributed by atoms with Gasteiger partial charge in [-0.3, -0.25) is 4.79 Å². The largest absolute Gasteiger partial charge is 0.302 e. The number of likely N-dealkylation sites (tertiary alicyclic amines) is 1. The van der Waals surface area contributed by atoms with Crippen molar-refractivity contribution < 1.29 is 4.79 Å². The van der Waals surface area contributed by atoms with Crippen molar-refractivity contribution in [2.75, 3.05) is 25.0 Å². The molecule has 0 bridgehead atoms. The van der Waals surface area contributed by atoms with Gasteiger partial charge in [0.1, 0.15) is 5.01 Å². The van der Waals surface area contributed by atoms with E-state index in [1.165, 1.54) is 48.1 Å². The van der Waals surface area contributed by atoms with Crippen LogP contribution in [-0.4, -0.2) is 40.6 Å². The van der Waals surface area contributed by atoms with Crippen molar-refractivity contribution >= 4 is 22.4 Å². The Hall–Kier alpha value is -1.79. The minimum absolute atomic E-state index is 0.0428. The Bertz CT molecular complexity index is 771. The normalized spacial score (nSPS) is 20.9. The molecule has 5 nitrogen and oxygen atoms in total. The van der Waals surface area contributed by atoms with Gasteiger partial charge in [-0.2, -0.15) is 0 Å². The maximum atomic E-state index is 12.2. The quantitative estimate of drug-likeness (QED) is 0.837. The second-order valence-electron chi connectivity index (χ2n) is 7.57. The van der Waals surface area contributed by atoms with E-state index in [4.69, 9.17) is 0 Å². The first-order chi connectivity index (χ1) is 12.7. The second-order valence-corrected chi connectivity index (χ2v) is 8.58. The Morgan fingerprint density at radius 3 is 2.96 bits per heavy atom. The Labute approximate surface area is 158 Å². The first-order valence-corrected chi connectivity index (χ1v) is 10.4. The zero-order chi connectivity index (χ0) is 17.9. The molecule has 1 saturated heterocycles. The molecule has 2 fully saturated rings. The van der Waals surface area contributed by atoms with Crippen LogP contribution in [0, 0.1) is 6.92 Å². The maximum Gasteiger partial charge on any atom is 0.227 e. The van der Waals surface area contributed by atoms with Gasteiger partial charge in [0.05, 0.1) is 0 Å². The number of aromatic nitrogens is 2. The molecule has 1 aliphatic heterocycles. The van der Waals surface area contributed by atoms with E-state index in [0.29, 0.717) is 23.4 Å². The Morgan fingerprint density at radius 2 is 2.15 bits per heavy atom. The number of carbonyl (C=O) groups excluding carboxylic acids is 1. The molecule has 0 radical (unpaired) electrons. The van der Waals surface area contributed by atoms with E-state index in [1.54, 1.807) is 0 Å². The molecule has 1 aromatic carbocycles. The van der Waals surface area contributed by atoms with Gasteiger partial charge in [0, 0.05) is 25.4 Å². The van der Waals surface area contributed by atoms with E-state index >= 15 is 0 Å². The number of carbonyl (C=O) groups is 1. The van der Waals surface area contributed by atoms with E-state index in [1.807, 2.05) is 0 Å². The van der Waals surface area contributed by atoms with Crippen LogP contribution in [0.4, 0.5) is 5.13 Å². The molecule has 1 amide bonds. The van der Waals surface area contributed by atoms with Gasteiger partial charge in [-0.25, -0.2) is 0 Å². The fourth-order valence-corrected chi connectivity index (χ4v) is 4.61. The van der Waals surface area contributed by atoms with Crippen LogP contribution in [0.25, 0.3) is 0 Å². The van der Waals surface area contributed by atoms with Crippen molar-refractivity contribution in [3.63, 3.8) is 0 Å². The summed E-state index contributed by atoms with van der Waals surface area (Å²) in [5.74, 6) is 1.21. The molecule has 1 aromatic heterocycles. The van der Waals surface area contributed by atoms with Crippen LogP contribution in [-0.2, 0) is 4.79 Å². The lowest BCUT2D eigenvalue weighted by atomic mass is 9.90. The van der Waals surface area contributed by atoms with Crippen LogP contribution in [0.3, 0.4) is 0 Å². The molecule has 1 aliphatic carbocycles. The van der Waals surface area contributed by atoms with E-state index in [0.717, 1.165) is 24.6 Å². The number of hydrogen-bond acceptors (Lipinski definition) is 5. The lowest BCUT2D eigenvalue weighted by molar-refractivity contribution is -0.116. The van der Waals surface area contributed by atoms with Gasteiger partial charge in [0.25, 0.3) is 0 Å². The molecule has 1 N–H and O–H groups in total. The molecule has 2 aromatic rings. The van der Waals surface area contributed by atoms with Crippen molar-refractivity contribution in [1.82, 2.24) is 15.1 Å². The minimum Gasteiger partial charge on any atom is -0.302 e. The summed E-state index contributed by atoms with van der Waals surface area (Å²) in [5.41, 5.74) is 2.75. The summed E-state index contributed by atoms with van der Waals surface area (Å²) in [7, 11) is 0. The van der Waals surface area contributed by atoms with Gasteiger partial charge in [-0.05, 0) is 50.6 Å². The first-order valence-electron chi connectivity index (χ1n) is 9.59. The number of benzene rings is 1. The van der Waals surface area contributed by atoms with Crippen LogP contribution in [0.2, 0.25) is 0 Å². The van der Waals surface area contributed by atoms with E-state index in [2.05, 4.69) is 51.6 Å². The number of rotatable bonds is 6. The molecule has 6 heteroatoms. The highest BCUT2D eigenvalue weighted by atomic mass is 32.1. The third-order valence-electron chi connectivity index (χ3n) is 5.29. The molecule has 4 rings (SSSR count).